The Bertz CT molecular complexity index is 197. The number of rotatable bonds is 8. The second kappa shape index (κ2) is 8.92. The first kappa shape index (κ1) is 16.0. The molecule has 2 nitrogen and oxygen atoms in total. The van der Waals surface area contributed by atoms with Crippen LogP contribution >= 0.6 is 0 Å². The van der Waals surface area contributed by atoms with Gasteiger partial charge in [-0.25, -0.2) is 0 Å². The van der Waals surface area contributed by atoms with E-state index in [9.17, 15) is 0 Å². The summed E-state index contributed by atoms with van der Waals surface area (Å²) in [6.45, 7) is 11.6. The summed E-state index contributed by atoms with van der Waals surface area (Å²) in [6.07, 6.45) is 9.86. The number of hydrogen-bond donors (Lipinski definition) is 1. The fraction of sp³-hybridized carbons (Fsp3) is 1.00. The van der Waals surface area contributed by atoms with Crippen molar-refractivity contribution in [2.45, 2.75) is 90.8 Å². The first-order valence-electron chi connectivity index (χ1n) is 8.14. The van der Waals surface area contributed by atoms with Gasteiger partial charge in [0, 0.05) is 18.1 Å². The molecular weight excluding hydrogens is 220 g/mol. The molecule has 0 saturated heterocycles. The molecule has 1 fully saturated rings. The van der Waals surface area contributed by atoms with Gasteiger partial charge in [0.2, 0.25) is 0 Å². The van der Waals surface area contributed by atoms with Gasteiger partial charge in [0.15, 0.2) is 0 Å². The summed E-state index contributed by atoms with van der Waals surface area (Å²) in [5.74, 6) is 0. The Kier molecular flexibility index (Phi) is 7.92. The highest BCUT2D eigenvalue weighted by Crippen LogP contribution is 2.24. The summed E-state index contributed by atoms with van der Waals surface area (Å²) in [5.41, 5.74) is 0. The minimum absolute atomic E-state index is 0.626. The lowest BCUT2D eigenvalue weighted by molar-refractivity contribution is 0.112. The normalized spacial score (nSPS) is 19.7. The van der Waals surface area contributed by atoms with Gasteiger partial charge >= 0.3 is 0 Å². The van der Waals surface area contributed by atoms with E-state index in [0.717, 1.165) is 12.1 Å². The van der Waals surface area contributed by atoms with Crippen molar-refractivity contribution in [1.82, 2.24) is 10.2 Å². The van der Waals surface area contributed by atoms with Crippen LogP contribution in [0.1, 0.15) is 72.6 Å². The number of nitrogens with one attached hydrogen (secondary N) is 1. The van der Waals surface area contributed by atoms with Gasteiger partial charge in [0.05, 0.1) is 0 Å². The molecule has 0 radical (unpaired) electrons. The molecule has 108 valence electrons. The van der Waals surface area contributed by atoms with Gasteiger partial charge in [0.25, 0.3) is 0 Å². The summed E-state index contributed by atoms with van der Waals surface area (Å²) in [5, 5.41) is 3.52. The van der Waals surface area contributed by atoms with Crippen LogP contribution in [0.4, 0.5) is 0 Å². The average molecular weight is 254 g/mol. The topological polar surface area (TPSA) is 15.3 Å². The van der Waals surface area contributed by atoms with Gasteiger partial charge in [-0.2, -0.15) is 0 Å². The Morgan fingerprint density at radius 2 is 1.78 bits per heavy atom. The third-order valence-corrected chi connectivity index (χ3v) is 4.33. The molecule has 1 atom stereocenters. The van der Waals surface area contributed by atoms with E-state index in [4.69, 9.17) is 0 Å². The maximum Gasteiger partial charge on any atom is 0.00979 e. The molecule has 18 heavy (non-hydrogen) atoms. The number of nitrogens with zero attached hydrogens (tertiary/aromatic N) is 1. The third kappa shape index (κ3) is 5.71. The van der Waals surface area contributed by atoms with Crippen molar-refractivity contribution < 1.29 is 0 Å². The van der Waals surface area contributed by atoms with Crippen molar-refractivity contribution in [1.29, 1.82) is 0 Å². The first-order chi connectivity index (χ1) is 8.65. The van der Waals surface area contributed by atoms with E-state index in [0.29, 0.717) is 6.04 Å². The molecule has 0 spiro atoms. The van der Waals surface area contributed by atoms with Crippen molar-refractivity contribution in [3.63, 3.8) is 0 Å². The van der Waals surface area contributed by atoms with E-state index in [1.165, 1.54) is 58.0 Å². The minimum Gasteiger partial charge on any atom is -0.315 e. The van der Waals surface area contributed by atoms with Crippen molar-refractivity contribution >= 4 is 0 Å². The Morgan fingerprint density at radius 3 is 2.33 bits per heavy atom. The van der Waals surface area contributed by atoms with Gasteiger partial charge in [-0.1, -0.05) is 40.0 Å². The quantitative estimate of drug-likeness (QED) is 0.663. The van der Waals surface area contributed by atoms with Crippen LogP contribution in [0.2, 0.25) is 0 Å². The van der Waals surface area contributed by atoms with E-state index in [1.807, 2.05) is 0 Å². The lowest BCUT2D eigenvalue weighted by Crippen LogP contribution is -2.43. The van der Waals surface area contributed by atoms with Crippen LogP contribution in [0.15, 0.2) is 0 Å². The Hall–Kier alpha value is -0.0800. The van der Waals surface area contributed by atoms with E-state index >= 15 is 0 Å². The molecule has 0 amide bonds. The Balaban J connectivity index is 2.25. The highest BCUT2D eigenvalue weighted by molar-refractivity contribution is 4.79. The van der Waals surface area contributed by atoms with Crippen LogP contribution in [0, 0.1) is 0 Å². The maximum absolute atomic E-state index is 3.52. The highest BCUT2D eigenvalue weighted by Gasteiger charge is 2.23. The average Bonchev–Trinajstić information content (AvgIpc) is 2.36. The molecule has 0 aromatic rings. The molecule has 1 aliphatic rings. The summed E-state index contributed by atoms with van der Waals surface area (Å²) >= 11 is 0. The van der Waals surface area contributed by atoms with Gasteiger partial charge in [0.1, 0.15) is 0 Å². The molecule has 1 N–H and O–H groups in total. The molecule has 0 aromatic heterocycles. The second-order valence-corrected chi connectivity index (χ2v) is 6.22. The zero-order chi connectivity index (χ0) is 13.4. The lowest BCUT2D eigenvalue weighted by Gasteiger charge is -2.38. The zero-order valence-electron chi connectivity index (χ0n) is 13.0. The Labute approximate surface area is 115 Å². The summed E-state index contributed by atoms with van der Waals surface area (Å²) < 4.78 is 0. The van der Waals surface area contributed by atoms with E-state index in [2.05, 4.69) is 37.9 Å². The fourth-order valence-corrected chi connectivity index (χ4v) is 3.30. The Morgan fingerprint density at radius 1 is 1.11 bits per heavy atom. The van der Waals surface area contributed by atoms with E-state index < -0.39 is 0 Å². The largest absolute Gasteiger partial charge is 0.315 e. The molecule has 1 unspecified atom stereocenters. The molecule has 0 bridgehead atoms. The van der Waals surface area contributed by atoms with Gasteiger partial charge in [-0.05, 0) is 45.7 Å². The summed E-state index contributed by atoms with van der Waals surface area (Å²) in [7, 11) is 0. The standard InChI is InChI=1S/C16H34N2/c1-5-18(16-11-7-6-8-12-16)15(4)10-9-13-17-14(2)3/h14-17H,5-13H2,1-4H3. The molecule has 1 aliphatic carbocycles. The molecule has 1 saturated carbocycles. The van der Waals surface area contributed by atoms with E-state index in [1.54, 1.807) is 0 Å². The van der Waals surface area contributed by atoms with Crippen molar-refractivity contribution in [3.05, 3.63) is 0 Å². The predicted octanol–water partition coefficient (Wildman–Crippen LogP) is 3.81. The molecular formula is C16H34N2. The van der Waals surface area contributed by atoms with Crippen LogP contribution in [0.5, 0.6) is 0 Å². The fourth-order valence-electron chi connectivity index (χ4n) is 3.30. The van der Waals surface area contributed by atoms with Crippen molar-refractivity contribution in [3.8, 4) is 0 Å². The van der Waals surface area contributed by atoms with E-state index in [-0.39, 0.29) is 0 Å². The second-order valence-electron chi connectivity index (χ2n) is 6.22. The minimum atomic E-state index is 0.626. The monoisotopic (exact) mass is 254 g/mol. The van der Waals surface area contributed by atoms with Crippen LogP contribution in [-0.4, -0.2) is 36.1 Å². The summed E-state index contributed by atoms with van der Waals surface area (Å²) in [4.78, 5) is 2.76. The molecule has 0 aromatic carbocycles. The molecule has 0 aliphatic heterocycles. The highest BCUT2D eigenvalue weighted by atomic mass is 15.2. The van der Waals surface area contributed by atoms with Gasteiger partial charge < -0.3 is 5.32 Å². The smallest absolute Gasteiger partial charge is 0.00979 e. The van der Waals surface area contributed by atoms with Crippen LogP contribution < -0.4 is 5.32 Å². The number of hydrogen-bond acceptors (Lipinski definition) is 2. The van der Waals surface area contributed by atoms with Crippen molar-refractivity contribution in [2.75, 3.05) is 13.1 Å². The molecule has 0 heterocycles. The third-order valence-electron chi connectivity index (χ3n) is 4.33. The maximum atomic E-state index is 3.52. The van der Waals surface area contributed by atoms with Gasteiger partial charge in [-0.15, -0.1) is 0 Å². The van der Waals surface area contributed by atoms with Crippen LogP contribution in [0.25, 0.3) is 0 Å². The predicted molar refractivity (Wildman–Crippen MR) is 81.1 cm³/mol. The van der Waals surface area contributed by atoms with Gasteiger partial charge in [-0.3, -0.25) is 4.90 Å². The van der Waals surface area contributed by atoms with Crippen LogP contribution in [0.3, 0.4) is 0 Å². The first-order valence-corrected chi connectivity index (χ1v) is 8.14. The zero-order valence-corrected chi connectivity index (χ0v) is 13.0. The SMILES string of the molecule is CCN(C(C)CCCNC(C)C)C1CCCCC1. The van der Waals surface area contributed by atoms with Crippen molar-refractivity contribution in [2.24, 2.45) is 0 Å². The molecule has 1 rings (SSSR count). The summed E-state index contributed by atoms with van der Waals surface area (Å²) in [6, 6.07) is 2.25. The van der Waals surface area contributed by atoms with Crippen LogP contribution in [-0.2, 0) is 0 Å². The molecule has 2 heteroatoms. The lowest BCUT2D eigenvalue weighted by atomic mass is 9.92.